The molecule has 1 aromatic carbocycles. The van der Waals surface area contributed by atoms with Crippen molar-refractivity contribution in [3.05, 3.63) is 28.7 Å². The highest BCUT2D eigenvalue weighted by Gasteiger charge is 2.13. The van der Waals surface area contributed by atoms with Crippen LogP contribution < -0.4 is 4.74 Å². The minimum absolute atomic E-state index is 0.729. The molecule has 5 heteroatoms. The van der Waals surface area contributed by atoms with Crippen LogP contribution in [0.2, 0.25) is 0 Å². The van der Waals surface area contributed by atoms with E-state index in [-0.39, 0.29) is 0 Å². The van der Waals surface area contributed by atoms with Gasteiger partial charge >= 0.3 is 0 Å². The molecule has 0 atom stereocenters. The summed E-state index contributed by atoms with van der Waals surface area (Å²) in [4.78, 5) is 4.93. The van der Waals surface area contributed by atoms with Gasteiger partial charge in [-0.3, -0.25) is 4.90 Å². The third-order valence-corrected chi connectivity index (χ3v) is 4.27. The Morgan fingerprint density at radius 3 is 2.30 bits per heavy atom. The maximum absolute atomic E-state index is 5.81. The Morgan fingerprint density at radius 2 is 1.65 bits per heavy atom. The van der Waals surface area contributed by atoms with Crippen LogP contribution in [0.1, 0.15) is 6.42 Å². The van der Waals surface area contributed by atoms with E-state index < -0.39 is 0 Å². The molecule has 0 unspecified atom stereocenters. The Bertz CT molecular complexity index is 388. The van der Waals surface area contributed by atoms with E-state index in [4.69, 9.17) is 16.3 Å². The van der Waals surface area contributed by atoms with Crippen LogP contribution in [-0.4, -0.2) is 61.6 Å². The Morgan fingerprint density at radius 1 is 1.00 bits per heavy atom. The van der Waals surface area contributed by atoms with Crippen molar-refractivity contribution in [2.45, 2.75) is 6.42 Å². The second-order valence-corrected chi connectivity index (χ2v) is 6.32. The van der Waals surface area contributed by atoms with E-state index in [2.05, 4.69) is 25.7 Å². The third kappa shape index (κ3) is 5.60. The van der Waals surface area contributed by atoms with Gasteiger partial charge in [-0.05, 0) is 43.8 Å². The normalized spacial score (nSPS) is 17.9. The first kappa shape index (κ1) is 16.1. The average Bonchev–Trinajstić information content (AvgIpc) is 2.67. The van der Waals surface area contributed by atoms with E-state index in [1.54, 1.807) is 0 Å². The molecule has 3 nitrogen and oxygen atoms in total. The Kier molecular flexibility index (Phi) is 7.14. The molecular weight excluding hydrogens is 340 g/mol. The maximum Gasteiger partial charge on any atom is 0.119 e. The van der Waals surface area contributed by atoms with Crippen molar-refractivity contribution in [1.29, 1.82) is 0 Å². The highest BCUT2D eigenvalue weighted by Crippen LogP contribution is 2.16. The topological polar surface area (TPSA) is 15.7 Å². The van der Waals surface area contributed by atoms with E-state index in [9.17, 15) is 0 Å². The van der Waals surface area contributed by atoms with Gasteiger partial charge in [-0.1, -0.05) is 15.9 Å². The van der Waals surface area contributed by atoms with Gasteiger partial charge in [0.25, 0.3) is 0 Å². The zero-order valence-electron chi connectivity index (χ0n) is 11.7. The lowest BCUT2D eigenvalue weighted by Crippen LogP contribution is -2.34. The third-order valence-electron chi connectivity index (χ3n) is 3.57. The van der Waals surface area contributed by atoms with E-state index in [1.165, 1.54) is 6.42 Å². The highest BCUT2D eigenvalue weighted by molar-refractivity contribution is 9.10. The molecule has 1 saturated heterocycles. The lowest BCUT2D eigenvalue weighted by atomic mass is 10.3. The quantitative estimate of drug-likeness (QED) is 0.724. The van der Waals surface area contributed by atoms with Gasteiger partial charge in [0.05, 0.1) is 0 Å². The van der Waals surface area contributed by atoms with Crippen LogP contribution in [0.25, 0.3) is 0 Å². The van der Waals surface area contributed by atoms with E-state index >= 15 is 0 Å². The van der Waals surface area contributed by atoms with Crippen LogP contribution in [0.5, 0.6) is 5.75 Å². The molecule has 1 aromatic rings. The smallest absolute Gasteiger partial charge is 0.119 e. The number of hydrogen-bond donors (Lipinski definition) is 0. The number of alkyl halides is 1. The van der Waals surface area contributed by atoms with Crippen molar-refractivity contribution in [1.82, 2.24) is 9.80 Å². The lowest BCUT2D eigenvalue weighted by molar-refractivity contribution is 0.210. The van der Waals surface area contributed by atoms with E-state index in [0.717, 1.165) is 62.0 Å². The molecule has 20 heavy (non-hydrogen) atoms. The summed E-state index contributed by atoms with van der Waals surface area (Å²) in [5.41, 5.74) is 0. The SMILES string of the molecule is ClCCN1CCCN(CCOc2ccc(Br)cc2)CC1. The molecule has 0 radical (unpaired) electrons. The molecule has 112 valence electrons. The first-order chi connectivity index (χ1) is 9.78. The monoisotopic (exact) mass is 360 g/mol. The maximum atomic E-state index is 5.81. The number of ether oxygens (including phenoxy) is 1. The molecule has 0 N–H and O–H groups in total. The summed E-state index contributed by atoms with van der Waals surface area (Å²) in [7, 11) is 0. The number of nitrogens with zero attached hydrogens (tertiary/aromatic N) is 2. The van der Waals surface area contributed by atoms with Gasteiger partial charge in [0, 0.05) is 36.5 Å². The fourth-order valence-corrected chi connectivity index (χ4v) is 2.92. The Balaban J connectivity index is 1.67. The summed E-state index contributed by atoms with van der Waals surface area (Å²) in [6, 6.07) is 8.00. The minimum Gasteiger partial charge on any atom is -0.492 e. The fourth-order valence-electron chi connectivity index (χ4n) is 2.41. The van der Waals surface area contributed by atoms with Gasteiger partial charge in [-0.2, -0.15) is 0 Å². The second-order valence-electron chi connectivity index (χ2n) is 5.03. The molecule has 0 bridgehead atoms. The van der Waals surface area contributed by atoms with Crippen molar-refractivity contribution >= 4 is 27.5 Å². The Hall–Kier alpha value is -0.290. The van der Waals surface area contributed by atoms with Gasteiger partial charge in [-0.15, -0.1) is 11.6 Å². The van der Waals surface area contributed by atoms with Gasteiger partial charge in [0.2, 0.25) is 0 Å². The van der Waals surface area contributed by atoms with Crippen LogP contribution in [-0.2, 0) is 0 Å². The molecule has 1 fully saturated rings. The summed E-state index contributed by atoms with van der Waals surface area (Å²) < 4.78 is 6.86. The number of rotatable bonds is 6. The lowest BCUT2D eigenvalue weighted by Gasteiger charge is -2.21. The van der Waals surface area contributed by atoms with Crippen LogP contribution in [0, 0.1) is 0 Å². The van der Waals surface area contributed by atoms with E-state index in [0.29, 0.717) is 0 Å². The fraction of sp³-hybridized carbons (Fsp3) is 0.600. The van der Waals surface area contributed by atoms with Crippen LogP contribution in [0.4, 0.5) is 0 Å². The second kappa shape index (κ2) is 8.88. The average molecular weight is 362 g/mol. The van der Waals surface area contributed by atoms with Crippen molar-refractivity contribution in [2.24, 2.45) is 0 Å². The predicted molar refractivity (Wildman–Crippen MR) is 87.9 cm³/mol. The summed E-state index contributed by atoms with van der Waals surface area (Å²) in [5, 5.41) is 0. The molecule has 0 saturated carbocycles. The summed E-state index contributed by atoms with van der Waals surface area (Å²) in [6.07, 6.45) is 1.22. The molecule has 1 heterocycles. The molecular formula is C15H22BrClN2O. The minimum atomic E-state index is 0.729. The van der Waals surface area contributed by atoms with Crippen molar-refractivity contribution in [3.63, 3.8) is 0 Å². The first-order valence-corrected chi connectivity index (χ1v) is 8.50. The van der Waals surface area contributed by atoms with Crippen molar-refractivity contribution in [2.75, 3.05) is 51.8 Å². The van der Waals surface area contributed by atoms with Crippen molar-refractivity contribution < 1.29 is 4.74 Å². The summed E-state index contributed by atoms with van der Waals surface area (Å²) in [6.45, 7) is 7.29. The van der Waals surface area contributed by atoms with Gasteiger partial charge < -0.3 is 9.64 Å². The van der Waals surface area contributed by atoms with Crippen molar-refractivity contribution in [3.8, 4) is 5.75 Å². The summed E-state index contributed by atoms with van der Waals surface area (Å²) >= 11 is 9.23. The molecule has 1 aliphatic rings. The highest BCUT2D eigenvalue weighted by atomic mass is 79.9. The van der Waals surface area contributed by atoms with E-state index in [1.807, 2.05) is 24.3 Å². The van der Waals surface area contributed by atoms with Gasteiger partial charge in [0.1, 0.15) is 12.4 Å². The van der Waals surface area contributed by atoms with Gasteiger partial charge in [-0.25, -0.2) is 0 Å². The zero-order valence-corrected chi connectivity index (χ0v) is 14.1. The molecule has 0 amide bonds. The predicted octanol–water partition coefficient (Wildman–Crippen LogP) is 3.07. The number of halogens is 2. The van der Waals surface area contributed by atoms with Crippen LogP contribution in [0.15, 0.2) is 28.7 Å². The standard InChI is InChI=1S/C15H22BrClN2O/c16-14-2-4-15(5-3-14)20-13-12-19-8-1-7-18(9-6-17)10-11-19/h2-5H,1,6-13H2. The largest absolute Gasteiger partial charge is 0.492 e. The zero-order chi connectivity index (χ0) is 14.2. The first-order valence-electron chi connectivity index (χ1n) is 7.17. The number of benzene rings is 1. The molecule has 0 spiro atoms. The summed E-state index contributed by atoms with van der Waals surface area (Å²) in [5.74, 6) is 1.67. The van der Waals surface area contributed by atoms with Crippen LogP contribution >= 0.6 is 27.5 Å². The van der Waals surface area contributed by atoms with Crippen LogP contribution in [0.3, 0.4) is 0 Å². The van der Waals surface area contributed by atoms with Gasteiger partial charge in [0.15, 0.2) is 0 Å². The molecule has 0 aliphatic carbocycles. The molecule has 0 aromatic heterocycles. The molecule has 2 rings (SSSR count). The number of hydrogen-bond acceptors (Lipinski definition) is 3. The molecule has 1 aliphatic heterocycles. The Labute approximate surface area is 135 Å².